The van der Waals surface area contributed by atoms with Crippen molar-refractivity contribution < 1.29 is 9.15 Å². The fourth-order valence-corrected chi connectivity index (χ4v) is 4.31. The van der Waals surface area contributed by atoms with E-state index in [9.17, 15) is 0 Å². The number of para-hydroxylation sites is 1. The topological polar surface area (TPSA) is 40.2 Å². The van der Waals surface area contributed by atoms with Gasteiger partial charge in [-0.15, -0.1) is 12.4 Å². The third-order valence-corrected chi connectivity index (χ3v) is 6.21. The van der Waals surface area contributed by atoms with Crippen LogP contribution in [0.15, 0.2) is 59.1 Å². The molecule has 0 radical (unpaired) electrons. The van der Waals surface area contributed by atoms with Crippen molar-refractivity contribution in [2.45, 2.75) is 33.2 Å². The Morgan fingerprint density at radius 3 is 2.63 bits per heavy atom. The number of ether oxygens (including phenoxy) is 1. The van der Waals surface area contributed by atoms with Gasteiger partial charge in [0, 0.05) is 34.6 Å². The van der Waals surface area contributed by atoms with Crippen LogP contribution in [0.4, 0.5) is 0 Å². The first-order chi connectivity index (χ1) is 14.2. The molecule has 0 spiro atoms. The predicted molar refractivity (Wildman–Crippen MR) is 123 cm³/mol. The molecule has 0 unspecified atom stereocenters. The molecule has 5 heteroatoms. The molecular formula is C25H23ClN2O2. The number of furan rings is 1. The number of benzene rings is 2. The molecule has 1 saturated carbocycles. The summed E-state index contributed by atoms with van der Waals surface area (Å²) in [5.74, 6) is 2.23. The number of nitrogens with zero attached hydrogens (tertiary/aromatic N) is 2. The van der Waals surface area contributed by atoms with Gasteiger partial charge in [-0.3, -0.25) is 0 Å². The van der Waals surface area contributed by atoms with Crippen molar-refractivity contribution >= 4 is 45.2 Å². The molecule has 5 aromatic rings. The van der Waals surface area contributed by atoms with Gasteiger partial charge in [0.2, 0.25) is 5.88 Å². The van der Waals surface area contributed by atoms with Crippen LogP contribution in [0.5, 0.6) is 11.6 Å². The van der Waals surface area contributed by atoms with Crippen molar-refractivity contribution in [2.75, 3.05) is 0 Å². The Labute approximate surface area is 180 Å². The van der Waals surface area contributed by atoms with Crippen LogP contribution in [-0.4, -0.2) is 9.55 Å². The fourth-order valence-electron chi connectivity index (χ4n) is 4.31. The Morgan fingerprint density at radius 1 is 1.00 bits per heavy atom. The van der Waals surface area contributed by atoms with Crippen molar-refractivity contribution in [1.82, 2.24) is 9.55 Å². The molecule has 0 bridgehead atoms. The molecule has 4 nitrogen and oxygen atoms in total. The van der Waals surface area contributed by atoms with Gasteiger partial charge in [0.15, 0.2) is 0 Å². The van der Waals surface area contributed by atoms with E-state index in [0.29, 0.717) is 5.88 Å². The minimum atomic E-state index is 0. The predicted octanol–water partition coefficient (Wildman–Crippen LogP) is 7.18. The Bertz CT molecular complexity index is 1400. The van der Waals surface area contributed by atoms with Crippen LogP contribution in [-0.2, 0) is 6.54 Å². The van der Waals surface area contributed by atoms with Crippen molar-refractivity contribution in [2.24, 2.45) is 5.92 Å². The first-order valence-electron chi connectivity index (χ1n) is 10.2. The van der Waals surface area contributed by atoms with E-state index in [1.54, 1.807) is 0 Å². The third kappa shape index (κ3) is 2.94. The lowest BCUT2D eigenvalue weighted by Gasteiger charge is -2.11. The first-order valence-corrected chi connectivity index (χ1v) is 10.2. The van der Waals surface area contributed by atoms with Crippen LogP contribution in [0.2, 0.25) is 0 Å². The number of aromatic nitrogens is 2. The molecule has 6 rings (SSSR count). The molecule has 3 aromatic heterocycles. The summed E-state index contributed by atoms with van der Waals surface area (Å²) in [6, 6.07) is 16.2. The molecule has 1 fully saturated rings. The van der Waals surface area contributed by atoms with E-state index in [4.69, 9.17) is 9.15 Å². The molecule has 2 aromatic carbocycles. The van der Waals surface area contributed by atoms with E-state index >= 15 is 0 Å². The number of hydrogen-bond acceptors (Lipinski definition) is 3. The lowest BCUT2D eigenvalue weighted by molar-refractivity contribution is 0.464. The monoisotopic (exact) mass is 418 g/mol. The van der Waals surface area contributed by atoms with Crippen LogP contribution in [0.25, 0.3) is 32.8 Å². The summed E-state index contributed by atoms with van der Waals surface area (Å²) in [6.45, 7) is 5.43. The lowest BCUT2D eigenvalue weighted by Crippen LogP contribution is -2.03. The fraction of sp³-hybridized carbons (Fsp3) is 0.240. The average molecular weight is 419 g/mol. The second-order valence-electron chi connectivity index (χ2n) is 8.13. The second kappa shape index (κ2) is 7.06. The zero-order valence-electron chi connectivity index (χ0n) is 17.0. The maximum atomic E-state index is 6.36. The van der Waals surface area contributed by atoms with Crippen molar-refractivity contribution in [3.05, 3.63) is 66.0 Å². The number of pyridine rings is 1. The van der Waals surface area contributed by atoms with E-state index < -0.39 is 0 Å². The highest BCUT2D eigenvalue weighted by atomic mass is 35.5. The largest absolute Gasteiger partial charge is 0.456 e. The van der Waals surface area contributed by atoms with Gasteiger partial charge in [0.05, 0.1) is 0 Å². The van der Waals surface area contributed by atoms with Crippen LogP contribution in [0, 0.1) is 19.8 Å². The highest BCUT2D eigenvalue weighted by molar-refractivity contribution is 6.05. The van der Waals surface area contributed by atoms with Crippen molar-refractivity contribution in [3.63, 3.8) is 0 Å². The summed E-state index contributed by atoms with van der Waals surface area (Å²) < 4.78 is 14.7. The Hall–Kier alpha value is -2.98. The van der Waals surface area contributed by atoms with Gasteiger partial charge in [0.25, 0.3) is 0 Å². The zero-order valence-corrected chi connectivity index (χ0v) is 17.8. The summed E-state index contributed by atoms with van der Waals surface area (Å²) >= 11 is 0. The molecule has 0 N–H and O–H groups in total. The molecular weight excluding hydrogens is 396 g/mol. The molecule has 1 aliphatic carbocycles. The minimum absolute atomic E-state index is 0. The van der Waals surface area contributed by atoms with Crippen LogP contribution < -0.4 is 4.74 Å². The van der Waals surface area contributed by atoms with Gasteiger partial charge in [-0.2, -0.15) is 0 Å². The number of fused-ring (bicyclic) bond motifs is 4. The normalized spacial score (nSPS) is 13.8. The van der Waals surface area contributed by atoms with Gasteiger partial charge in [-0.05, 0) is 68.5 Å². The maximum Gasteiger partial charge on any atom is 0.244 e. The molecule has 3 heterocycles. The van der Waals surface area contributed by atoms with Crippen LogP contribution in [0.1, 0.15) is 24.1 Å². The van der Waals surface area contributed by atoms with E-state index in [0.717, 1.165) is 45.7 Å². The number of hydrogen-bond donors (Lipinski definition) is 0. The SMILES string of the molecule is Cc1c(C)n(CC2CC2)c2c(Oc3ccc4oc5ccccc5c4c3)nccc12.Cl. The molecule has 0 saturated heterocycles. The molecule has 0 amide bonds. The first kappa shape index (κ1) is 19.0. The minimum Gasteiger partial charge on any atom is -0.456 e. The Balaban J connectivity index is 0.00000193. The number of aryl methyl sites for hydroxylation is 1. The average Bonchev–Trinajstić information content (AvgIpc) is 3.44. The molecule has 30 heavy (non-hydrogen) atoms. The van der Waals surface area contributed by atoms with E-state index in [1.165, 1.54) is 29.5 Å². The van der Waals surface area contributed by atoms with Crippen LogP contribution in [0.3, 0.4) is 0 Å². The smallest absolute Gasteiger partial charge is 0.244 e. The maximum absolute atomic E-state index is 6.36. The summed E-state index contributed by atoms with van der Waals surface area (Å²) in [5.41, 5.74) is 5.48. The van der Waals surface area contributed by atoms with Gasteiger partial charge in [0.1, 0.15) is 22.4 Å². The summed E-state index contributed by atoms with van der Waals surface area (Å²) in [7, 11) is 0. The summed E-state index contributed by atoms with van der Waals surface area (Å²) in [5, 5.41) is 3.39. The highest BCUT2D eigenvalue weighted by Crippen LogP contribution is 2.38. The molecule has 0 atom stereocenters. The van der Waals surface area contributed by atoms with Crippen LogP contribution >= 0.6 is 12.4 Å². The third-order valence-electron chi connectivity index (χ3n) is 6.21. The molecule has 1 aliphatic rings. The van der Waals surface area contributed by atoms with Gasteiger partial charge < -0.3 is 13.7 Å². The standard InChI is InChI=1S/C25H22N2O2.ClH/c1-15-16(2)27(14-17-7-8-17)24-19(15)11-12-26-25(24)28-18-9-10-23-21(13-18)20-5-3-4-6-22(20)29-23;/h3-6,9-13,17H,7-8,14H2,1-2H3;1H. The highest BCUT2D eigenvalue weighted by Gasteiger charge is 2.25. The van der Waals surface area contributed by atoms with E-state index in [1.807, 2.05) is 36.5 Å². The van der Waals surface area contributed by atoms with Crippen molar-refractivity contribution in [1.29, 1.82) is 0 Å². The van der Waals surface area contributed by atoms with E-state index in [-0.39, 0.29) is 12.4 Å². The Kier molecular flexibility index (Phi) is 4.48. The lowest BCUT2D eigenvalue weighted by atomic mass is 10.1. The molecule has 152 valence electrons. The summed E-state index contributed by atoms with van der Waals surface area (Å²) in [6.07, 6.45) is 4.48. The number of halogens is 1. The summed E-state index contributed by atoms with van der Waals surface area (Å²) in [4.78, 5) is 4.61. The molecule has 0 aliphatic heterocycles. The quantitative estimate of drug-likeness (QED) is 0.310. The Morgan fingerprint density at radius 2 is 1.80 bits per heavy atom. The second-order valence-corrected chi connectivity index (χ2v) is 8.13. The van der Waals surface area contributed by atoms with Gasteiger partial charge in [-0.25, -0.2) is 4.98 Å². The zero-order chi connectivity index (χ0) is 19.5. The van der Waals surface area contributed by atoms with E-state index in [2.05, 4.69) is 41.6 Å². The van der Waals surface area contributed by atoms with Gasteiger partial charge in [-0.1, -0.05) is 18.2 Å². The number of rotatable bonds is 4. The van der Waals surface area contributed by atoms with Crippen molar-refractivity contribution in [3.8, 4) is 11.6 Å². The van der Waals surface area contributed by atoms with Gasteiger partial charge >= 0.3 is 0 Å².